The molecule has 1 saturated heterocycles. The number of ether oxygens (including phenoxy) is 1. The first-order valence-electron chi connectivity index (χ1n) is 12.4. The number of nitrogens with one attached hydrogen (secondary N) is 3. The molecule has 4 N–H and O–H groups in total. The number of aromatic hydroxyl groups is 1. The third-order valence-corrected chi connectivity index (χ3v) is 8.12. The van der Waals surface area contributed by atoms with Crippen LogP contribution in [0.25, 0.3) is 10.9 Å². The lowest BCUT2D eigenvalue weighted by Crippen LogP contribution is -2.45. The molecular formula is C28H30N4O5S. The van der Waals surface area contributed by atoms with Gasteiger partial charge in [0.1, 0.15) is 11.8 Å². The largest absolute Gasteiger partial charge is 0.508 e. The average molecular weight is 535 g/mol. The Labute approximate surface area is 221 Å². The Morgan fingerprint density at radius 1 is 1.05 bits per heavy atom. The number of aromatic amines is 1. The summed E-state index contributed by atoms with van der Waals surface area (Å²) in [5.74, 6) is -0.408. The van der Waals surface area contributed by atoms with Crippen LogP contribution < -0.4 is 14.9 Å². The molecule has 0 aliphatic carbocycles. The van der Waals surface area contributed by atoms with Crippen LogP contribution in [0, 0.1) is 6.92 Å². The minimum absolute atomic E-state index is 0.0756. The van der Waals surface area contributed by atoms with Crippen LogP contribution in [-0.4, -0.2) is 56.8 Å². The first-order chi connectivity index (χ1) is 18.3. The maximum atomic E-state index is 13.5. The zero-order chi connectivity index (χ0) is 26.7. The molecule has 198 valence electrons. The van der Waals surface area contributed by atoms with Crippen LogP contribution in [0.1, 0.15) is 11.1 Å². The number of morpholine rings is 1. The quantitative estimate of drug-likeness (QED) is 0.274. The third kappa shape index (κ3) is 5.83. The van der Waals surface area contributed by atoms with Crippen molar-refractivity contribution in [1.29, 1.82) is 0 Å². The Hall–Kier alpha value is -3.86. The SMILES string of the molecule is Cc1ccc(S(=O)(=O)NC(Cc2c[nH]c3ccc(O)cc23)C(=O)Nc2ccc(N3CCOCC3)cc2)cc1. The van der Waals surface area contributed by atoms with Crippen molar-refractivity contribution < 1.29 is 23.1 Å². The first kappa shape index (κ1) is 25.8. The van der Waals surface area contributed by atoms with Crippen molar-refractivity contribution in [3.63, 3.8) is 0 Å². The van der Waals surface area contributed by atoms with Crippen molar-refractivity contribution >= 4 is 38.2 Å². The minimum atomic E-state index is -3.99. The van der Waals surface area contributed by atoms with Gasteiger partial charge in [0.05, 0.1) is 18.1 Å². The number of aryl methyl sites for hydroxylation is 1. The summed E-state index contributed by atoms with van der Waals surface area (Å²) in [6.45, 7) is 4.82. The van der Waals surface area contributed by atoms with Gasteiger partial charge in [-0.05, 0) is 73.5 Å². The van der Waals surface area contributed by atoms with Crippen LogP contribution in [0.15, 0.2) is 77.8 Å². The molecule has 1 aliphatic rings. The van der Waals surface area contributed by atoms with Crippen molar-refractivity contribution in [2.45, 2.75) is 24.3 Å². The molecule has 0 radical (unpaired) electrons. The number of hydrogen-bond donors (Lipinski definition) is 4. The summed E-state index contributed by atoms with van der Waals surface area (Å²) in [6, 6.07) is 17.7. The van der Waals surface area contributed by atoms with Gasteiger partial charge < -0.3 is 25.0 Å². The van der Waals surface area contributed by atoms with E-state index in [1.807, 2.05) is 19.1 Å². The standard InChI is InChI=1S/C28H30N4O5S/c1-19-2-9-24(10-3-19)38(35,36)31-27(16-20-18-29-26-11-8-23(33)17-25(20)26)28(34)30-21-4-6-22(7-5-21)32-12-14-37-15-13-32/h2-11,17-18,27,29,31,33H,12-16H2,1H3,(H,30,34). The summed E-state index contributed by atoms with van der Waals surface area (Å²) in [5.41, 5.74) is 3.99. The predicted molar refractivity (Wildman–Crippen MR) is 147 cm³/mol. The highest BCUT2D eigenvalue weighted by molar-refractivity contribution is 7.89. The van der Waals surface area contributed by atoms with Crippen LogP contribution in [0.5, 0.6) is 5.75 Å². The fourth-order valence-corrected chi connectivity index (χ4v) is 5.72. The van der Waals surface area contributed by atoms with Crippen molar-refractivity contribution in [1.82, 2.24) is 9.71 Å². The number of rotatable bonds is 8. The molecule has 0 saturated carbocycles. The second-order valence-corrected chi connectivity index (χ2v) is 11.1. The molecule has 0 bridgehead atoms. The second-order valence-electron chi connectivity index (χ2n) is 9.37. The van der Waals surface area contributed by atoms with E-state index in [1.165, 1.54) is 12.1 Å². The van der Waals surface area contributed by atoms with Crippen molar-refractivity contribution in [2.75, 3.05) is 36.5 Å². The molecule has 38 heavy (non-hydrogen) atoms. The Balaban J connectivity index is 1.39. The summed E-state index contributed by atoms with van der Waals surface area (Å²) in [5, 5.41) is 13.5. The average Bonchev–Trinajstić information content (AvgIpc) is 3.31. The van der Waals surface area contributed by atoms with Gasteiger partial charge in [-0.25, -0.2) is 8.42 Å². The Bertz CT molecular complexity index is 1530. The van der Waals surface area contributed by atoms with Gasteiger partial charge in [-0.15, -0.1) is 0 Å². The molecule has 1 unspecified atom stereocenters. The molecule has 2 heterocycles. The lowest BCUT2D eigenvalue weighted by Gasteiger charge is -2.29. The maximum absolute atomic E-state index is 13.5. The number of fused-ring (bicyclic) bond motifs is 1. The summed E-state index contributed by atoms with van der Waals surface area (Å²) in [7, 11) is -3.99. The Morgan fingerprint density at radius 2 is 1.76 bits per heavy atom. The number of hydrogen-bond acceptors (Lipinski definition) is 6. The van der Waals surface area contributed by atoms with E-state index in [4.69, 9.17) is 4.74 Å². The van der Waals surface area contributed by atoms with Gasteiger partial charge in [0.2, 0.25) is 15.9 Å². The van der Waals surface area contributed by atoms with Gasteiger partial charge in [-0.3, -0.25) is 4.79 Å². The van der Waals surface area contributed by atoms with Crippen LogP contribution in [0.3, 0.4) is 0 Å². The Kier molecular flexibility index (Phi) is 7.37. The molecule has 1 fully saturated rings. The van der Waals surface area contributed by atoms with E-state index in [9.17, 15) is 18.3 Å². The topological polar surface area (TPSA) is 124 Å². The molecule has 1 atom stereocenters. The van der Waals surface area contributed by atoms with E-state index < -0.39 is 22.0 Å². The fraction of sp³-hybridized carbons (Fsp3) is 0.250. The summed E-state index contributed by atoms with van der Waals surface area (Å²) >= 11 is 0. The van der Waals surface area contributed by atoms with E-state index in [2.05, 4.69) is 19.9 Å². The molecular weight excluding hydrogens is 504 g/mol. The molecule has 9 nitrogen and oxygen atoms in total. The molecule has 1 amide bonds. The number of phenolic OH excluding ortho intramolecular Hbond substituents is 1. The number of carbonyl (C=O) groups is 1. The van der Waals surface area contributed by atoms with Gasteiger partial charge in [0.25, 0.3) is 0 Å². The van der Waals surface area contributed by atoms with E-state index in [1.54, 1.807) is 48.7 Å². The normalized spacial score (nSPS) is 14.9. The van der Waals surface area contributed by atoms with Crippen LogP contribution in [-0.2, 0) is 26.0 Å². The lowest BCUT2D eigenvalue weighted by molar-refractivity contribution is -0.117. The number of sulfonamides is 1. The molecule has 5 rings (SSSR count). The summed E-state index contributed by atoms with van der Waals surface area (Å²) in [4.78, 5) is 18.9. The first-order valence-corrected chi connectivity index (χ1v) is 13.9. The smallest absolute Gasteiger partial charge is 0.242 e. The predicted octanol–water partition coefficient (Wildman–Crippen LogP) is 3.55. The van der Waals surface area contributed by atoms with E-state index in [0.717, 1.165) is 29.9 Å². The van der Waals surface area contributed by atoms with Gasteiger partial charge in [-0.1, -0.05) is 17.7 Å². The molecule has 0 spiro atoms. The lowest BCUT2D eigenvalue weighted by atomic mass is 10.0. The highest BCUT2D eigenvalue weighted by atomic mass is 32.2. The van der Waals surface area contributed by atoms with E-state index in [-0.39, 0.29) is 17.1 Å². The van der Waals surface area contributed by atoms with Crippen LogP contribution >= 0.6 is 0 Å². The third-order valence-electron chi connectivity index (χ3n) is 6.63. The Morgan fingerprint density at radius 3 is 2.47 bits per heavy atom. The number of H-pyrrole nitrogens is 1. The number of aromatic nitrogens is 1. The van der Waals surface area contributed by atoms with Gasteiger partial charge in [0.15, 0.2) is 0 Å². The molecule has 1 aliphatic heterocycles. The molecule has 1 aromatic heterocycles. The zero-order valence-electron chi connectivity index (χ0n) is 21.0. The van der Waals surface area contributed by atoms with Gasteiger partial charge in [0, 0.05) is 41.6 Å². The zero-order valence-corrected chi connectivity index (χ0v) is 21.8. The summed E-state index contributed by atoms with van der Waals surface area (Å²) in [6.07, 6.45) is 1.80. The molecule has 3 aromatic carbocycles. The number of nitrogens with zero attached hydrogens (tertiary/aromatic N) is 1. The van der Waals surface area contributed by atoms with Crippen molar-refractivity contribution in [2.24, 2.45) is 0 Å². The number of carbonyl (C=O) groups excluding carboxylic acids is 1. The molecule has 4 aromatic rings. The maximum Gasteiger partial charge on any atom is 0.242 e. The number of anilines is 2. The van der Waals surface area contributed by atoms with E-state index in [0.29, 0.717) is 29.9 Å². The van der Waals surface area contributed by atoms with Gasteiger partial charge >= 0.3 is 0 Å². The molecule has 10 heteroatoms. The van der Waals surface area contributed by atoms with Crippen molar-refractivity contribution in [3.05, 3.63) is 84.1 Å². The number of amides is 1. The minimum Gasteiger partial charge on any atom is -0.508 e. The summed E-state index contributed by atoms with van der Waals surface area (Å²) < 4.78 is 34.4. The number of phenols is 1. The second kappa shape index (κ2) is 10.9. The van der Waals surface area contributed by atoms with Gasteiger partial charge in [-0.2, -0.15) is 4.72 Å². The van der Waals surface area contributed by atoms with Crippen molar-refractivity contribution in [3.8, 4) is 5.75 Å². The van der Waals surface area contributed by atoms with Crippen LogP contribution in [0.4, 0.5) is 11.4 Å². The van der Waals surface area contributed by atoms with E-state index >= 15 is 0 Å². The monoisotopic (exact) mass is 534 g/mol. The number of benzene rings is 3. The highest BCUT2D eigenvalue weighted by Crippen LogP contribution is 2.25. The highest BCUT2D eigenvalue weighted by Gasteiger charge is 2.27. The van der Waals surface area contributed by atoms with Crippen LogP contribution in [0.2, 0.25) is 0 Å². The fourth-order valence-electron chi connectivity index (χ4n) is 4.52.